The number of hydrogen-bond donors (Lipinski definition) is 2. The number of nitrogens with one attached hydrogen (secondary N) is 2. The van der Waals surface area contributed by atoms with E-state index in [0.717, 1.165) is 17.0 Å². The lowest BCUT2D eigenvalue weighted by molar-refractivity contribution is -0.115. The van der Waals surface area contributed by atoms with E-state index >= 15 is 0 Å². The molecular weight excluding hydrogens is 254 g/mol. The van der Waals surface area contributed by atoms with Gasteiger partial charge < -0.3 is 10.1 Å². The van der Waals surface area contributed by atoms with Gasteiger partial charge in [0, 0.05) is 17.7 Å². The van der Waals surface area contributed by atoms with Crippen LogP contribution in [0.25, 0.3) is 0 Å². The number of nitrogens with zero attached hydrogens (tertiary/aromatic N) is 1. The molecule has 104 valence electrons. The number of carbonyl (C=O) groups is 1. The van der Waals surface area contributed by atoms with Crippen molar-refractivity contribution in [2.45, 2.75) is 25.2 Å². The predicted octanol–water partition coefficient (Wildman–Crippen LogP) is 2.48. The maximum absolute atomic E-state index is 11.9. The van der Waals surface area contributed by atoms with Gasteiger partial charge in [0.15, 0.2) is 5.82 Å². The molecule has 1 fully saturated rings. The van der Waals surface area contributed by atoms with Crippen LogP contribution in [0.4, 0.5) is 5.82 Å². The zero-order valence-electron chi connectivity index (χ0n) is 11.3. The number of carbonyl (C=O) groups excluding carboxylic acids is 1. The number of hydrogen-bond acceptors (Lipinski definition) is 3. The molecule has 0 spiro atoms. The molecule has 1 aromatic carbocycles. The number of ether oxygens (including phenoxy) is 1. The number of rotatable bonds is 5. The average molecular weight is 271 g/mol. The van der Waals surface area contributed by atoms with Gasteiger partial charge in [-0.1, -0.05) is 12.1 Å². The number of anilines is 1. The van der Waals surface area contributed by atoms with Crippen LogP contribution >= 0.6 is 0 Å². The minimum Gasteiger partial charge on any atom is -0.497 e. The number of H-pyrrole nitrogens is 1. The van der Waals surface area contributed by atoms with Gasteiger partial charge in [0.1, 0.15) is 5.75 Å². The number of benzene rings is 1. The first-order valence-corrected chi connectivity index (χ1v) is 6.72. The van der Waals surface area contributed by atoms with E-state index in [-0.39, 0.29) is 5.91 Å². The predicted molar refractivity (Wildman–Crippen MR) is 75.9 cm³/mol. The zero-order valence-corrected chi connectivity index (χ0v) is 11.3. The van der Waals surface area contributed by atoms with E-state index in [0.29, 0.717) is 18.2 Å². The number of aromatic amines is 1. The van der Waals surface area contributed by atoms with Gasteiger partial charge >= 0.3 is 0 Å². The van der Waals surface area contributed by atoms with Crippen LogP contribution in [0.2, 0.25) is 0 Å². The lowest BCUT2D eigenvalue weighted by Gasteiger charge is -2.03. The standard InChI is InChI=1S/C15H17N3O2/c1-20-12-6-2-10(3-7-12)8-15(19)16-14-9-13(17-18-14)11-4-5-11/h2-3,6-7,9,11H,4-5,8H2,1H3,(H2,16,17,18,19). The molecule has 2 aromatic rings. The summed E-state index contributed by atoms with van der Waals surface area (Å²) >= 11 is 0. The Kier molecular flexibility index (Phi) is 3.41. The van der Waals surface area contributed by atoms with Crippen LogP contribution in [0.15, 0.2) is 30.3 Å². The smallest absolute Gasteiger partial charge is 0.229 e. The van der Waals surface area contributed by atoms with Crippen LogP contribution in [0.5, 0.6) is 5.75 Å². The number of aromatic nitrogens is 2. The van der Waals surface area contributed by atoms with Crippen LogP contribution in [-0.2, 0) is 11.2 Å². The van der Waals surface area contributed by atoms with E-state index in [4.69, 9.17) is 4.74 Å². The van der Waals surface area contributed by atoms with Gasteiger partial charge in [-0.3, -0.25) is 9.89 Å². The van der Waals surface area contributed by atoms with Crippen LogP contribution in [0.1, 0.15) is 30.0 Å². The summed E-state index contributed by atoms with van der Waals surface area (Å²) in [4.78, 5) is 11.9. The van der Waals surface area contributed by atoms with Crippen molar-refractivity contribution in [2.24, 2.45) is 0 Å². The molecule has 5 heteroatoms. The van der Waals surface area contributed by atoms with E-state index in [1.807, 2.05) is 30.3 Å². The van der Waals surface area contributed by atoms with Gasteiger partial charge in [-0.2, -0.15) is 5.10 Å². The summed E-state index contributed by atoms with van der Waals surface area (Å²) in [6.45, 7) is 0. The molecule has 0 saturated heterocycles. The van der Waals surface area contributed by atoms with Crippen LogP contribution in [-0.4, -0.2) is 23.2 Å². The summed E-state index contributed by atoms with van der Waals surface area (Å²) in [5, 5.41) is 9.89. The fraction of sp³-hybridized carbons (Fsp3) is 0.333. The first-order valence-electron chi connectivity index (χ1n) is 6.72. The van der Waals surface area contributed by atoms with Crippen molar-refractivity contribution in [1.29, 1.82) is 0 Å². The summed E-state index contributed by atoms with van der Waals surface area (Å²) in [6, 6.07) is 9.39. The highest BCUT2D eigenvalue weighted by atomic mass is 16.5. The second-order valence-electron chi connectivity index (χ2n) is 5.06. The Hall–Kier alpha value is -2.30. The Bertz CT molecular complexity index is 600. The van der Waals surface area contributed by atoms with Gasteiger partial charge in [0.25, 0.3) is 0 Å². The average Bonchev–Trinajstić information content (AvgIpc) is 3.20. The third-order valence-corrected chi connectivity index (χ3v) is 3.41. The minimum absolute atomic E-state index is 0.0657. The highest BCUT2D eigenvalue weighted by molar-refractivity contribution is 5.91. The molecule has 3 rings (SSSR count). The molecule has 0 aliphatic heterocycles. The molecule has 2 N–H and O–H groups in total. The zero-order chi connectivity index (χ0) is 13.9. The number of methoxy groups -OCH3 is 1. The molecule has 1 aromatic heterocycles. The van der Waals surface area contributed by atoms with Crippen LogP contribution in [0, 0.1) is 0 Å². The summed E-state index contributed by atoms with van der Waals surface area (Å²) in [7, 11) is 1.62. The van der Waals surface area contributed by atoms with Crippen molar-refractivity contribution in [3.05, 3.63) is 41.6 Å². The third kappa shape index (κ3) is 2.99. The maximum Gasteiger partial charge on any atom is 0.229 e. The van der Waals surface area contributed by atoms with E-state index in [2.05, 4.69) is 15.5 Å². The van der Waals surface area contributed by atoms with E-state index < -0.39 is 0 Å². The fourth-order valence-corrected chi connectivity index (χ4v) is 2.12. The van der Waals surface area contributed by atoms with Crippen molar-refractivity contribution in [3.8, 4) is 5.75 Å². The normalized spacial score (nSPS) is 14.1. The first-order chi connectivity index (χ1) is 9.74. The molecule has 5 nitrogen and oxygen atoms in total. The molecule has 1 heterocycles. The third-order valence-electron chi connectivity index (χ3n) is 3.41. The Morgan fingerprint density at radius 3 is 2.80 bits per heavy atom. The van der Waals surface area contributed by atoms with Gasteiger partial charge in [-0.15, -0.1) is 0 Å². The molecular formula is C15H17N3O2. The minimum atomic E-state index is -0.0657. The molecule has 1 saturated carbocycles. The summed E-state index contributed by atoms with van der Waals surface area (Å²) in [6.07, 6.45) is 2.75. The lowest BCUT2D eigenvalue weighted by Crippen LogP contribution is -2.14. The quantitative estimate of drug-likeness (QED) is 0.878. The van der Waals surface area contributed by atoms with Crippen molar-refractivity contribution >= 4 is 11.7 Å². The topological polar surface area (TPSA) is 67.0 Å². The van der Waals surface area contributed by atoms with Crippen molar-refractivity contribution in [2.75, 3.05) is 12.4 Å². The maximum atomic E-state index is 11.9. The van der Waals surface area contributed by atoms with Crippen LogP contribution < -0.4 is 10.1 Å². The van der Waals surface area contributed by atoms with Crippen LogP contribution in [0.3, 0.4) is 0 Å². The highest BCUT2D eigenvalue weighted by Gasteiger charge is 2.25. The van der Waals surface area contributed by atoms with Crippen molar-refractivity contribution < 1.29 is 9.53 Å². The van der Waals surface area contributed by atoms with Gasteiger partial charge in [0.05, 0.1) is 13.5 Å². The van der Waals surface area contributed by atoms with Gasteiger partial charge in [-0.25, -0.2) is 0 Å². The van der Waals surface area contributed by atoms with E-state index in [1.54, 1.807) is 7.11 Å². The molecule has 0 bridgehead atoms. The molecule has 1 aliphatic rings. The van der Waals surface area contributed by atoms with E-state index in [1.165, 1.54) is 12.8 Å². The second kappa shape index (κ2) is 5.36. The molecule has 0 unspecified atom stereocenters. The molecule has 1 amide bonds. The molecule has 1 aliphatic carbocycles. The SMILES string of the molecule is COc1ccc(CC(=O)Nc2cc(C3CC3)[nH]n2)cc1. The van der Waals surface area contributed by atoms with Gasteiger partial charge in [0.2, 0.25) is 5.91 Å². The van der Waals surface area contributed by atoms with Gasteiger partial charge in [-0.05, 0) is 30.5 Å². The molecule has 0 atom stereocenters. The Labute approximate surface area is 117 Å². The first kappa shape index (κ1) is 12.7. The molecule has 20 heavy (non-hydrogen) atoms. The molecule has 0 radical (unpaired) electrons. The summed E-state index contributed by atoms with van der Waals surface area (Å²) < 4.78 is 5.09. The monoisotopic (exact) mass is 271 g/mol. The Balaban J connectivity index is 1.57. The summed E-state index contributed by atoms with van der Waals surface area (Å²) in [5.74, 6) is 1.93. The summed E-state index contributed by atoms with van der Waals surface area (Å²) in [5.41, 5.74) is 2.06. The fourth-order valence-electron chi connectivity index (χ4n) is 2.12. The van der Waals surface area contributed by atoms with E-state index in [9.17, 15) is 4.79 Å². The Morgan fingerprint density at radius 1 is 1.40 bits per heavy atom. The second-order valence-corrected chi connectivity index (χ2v) is 5.06. The Morgan fingerprint density at radius 2 is 2.15 bits per heavy atom. The number of amides is 1. The largest absolute Gasteiger partial charge is 0.497 e. The lowest BCUT2D eigenvalue weighted by atomic mass is 10.1. The highest BCUT2D eigenvalue weighted by Crippen LogP contribution is 2.39. The van der Waals surface area contributed by atoms with Crippen molar-refractivity contribution in [3.63, 3.8) is 0 Å². The van der Waals surface area contributed by atoms with Crippen molar-refractivity contribution in [1.82, 2.24) is 10.2 Å².